The van der Waals surface area contributed by atoms with E-state index in [0.29, 0.717) is 24.5 Å². The molecule has 1 aliphatic heterocycles. The summed E-state index contributed by atoms with van der Waals surface area (Å²) in [5.74, 6) is -0.753. The normalized spacial score (nSPS) is 16.9. The van der Waals surface area contributed by atoms with E-state index in [1.54, 1.807) is 29.2 Å². The molecule has 198 valence electrons. The van der Waals surface area contributed by atoms with Crippen molar-refractivity contribution in [3.05, 3.63) is 106 Å². The summed E-state index contributed by atoms with van der Waals surface area (Å²) < 4.78 is 5.91. The number of carbonyl (C=O) groups is 2. The van der Waals surface area contributed by atoms with Crippen LogP contribution in [0, 0.1) is 6.92 Å². The predicted molar refractivity (Wildman–Crippen MR) is 150 cm³/mol. The van der Waals surface area contributed by atoms with Gasteiger partial charge < -0.3 is 19.6 Å². The maximum absolute atomic E-state index is 13.2. The minimum atomic E-state index is -0.656. The lowest BCUT2D eigenvalue weighted by atomic mass is 9.94. The first-order valence-corrected chi connectivity index (χ1v) is 13.1. The molecule has 1 heterocycles. The number of rotatable bonds is 10. The van der Waals surface area contributed by atoms with Crippen molar-refractivity contribution in [1.82, 2.24) is 9.80 Å². The molecule has 4 rings (SSSR count). The van der Waals surface area contributed by atoms with E-state index in [0.717, 1.165) is 30.5 Å². The van der Waals surface area contributed by atoms with Gasteiger partial charge in [-0.1, -0.05) is 61.0 Å². The lowest BCUT2D eigenvalue weighted by molar-refractivity contribution is -0.139. The molecule has 1 N–H and O–H groups in total. The highest BCUT2D eigenvalue weighted by molar-refractivity contribution is 6.46. The summed E-state index contributed by atoms with van der Waals surface area (Å²) in [6.45, 7) is 5.76. The van der Waals surface area contributed by atoms with E-state index in [1.165, 1.54) is 11.1 Å². The summed E-state index contributed by atoms with van der Waals surface area (Å²) in [6, 6.07) is 22.4. The van der Waals surface area contributed by atoms with Gasteiger partial charge in [-0.05, 0) is 81.4 Å². The molecular weight excluding hydrogens is 476 g/mol. The van der Waals surface area contributed by atoms with Gasteiger partial charge in [0.05, 0.1) is 11.6 Å². The first kappa shape index (κ1) is 27.1. The lowest BCUT2D eigenvalue weighted by Crippen LogP contribution is -2.32. The fourth-order valence-corrected chi connectivity index (χ4v) is 4.78. The predicted octanol–water partition coefficient (Wildman–Crippen LogP) is 5.51. The summed E-state index contributed by atoms with van der Waals surface area (Å²) in [5, 5.41) is 11.3. The molecule has 6 heteroatoms. The van der Waals surface area contributed by atoms with E-state index in [9.17, 15) is 14.7 Å². The van der Waals surface area contributed by atoms with Crippen LogP contribution in [0.5, 0.6) is 5.75 Å². The smallest absolute Gasteiger partial charge is 0.295 e. The van der Waals surface area contributed by atoms with Gasteiger partial charge >= 0.3 is 0 Å². The van der Waals surface area contributed by atoms with Gasteiger partial charge in [-0.3, -0.25) is 9.59 Å². The Morgan fingerprint density at radius 3 is 2.32 bits per heavy atom. The Morgan fingerprint density at radius 1 is 0.974 bits per heavy atom. The average molecular weight is 513 g/mol. The second kappa shape index (κ2) is 12.1. The number of likely N-dealkylation sites (tertiary alicyclic amines) is 1. The third-order valence-corrected chi connectivity index (χ3v) is 6.86. The van der Waals surface area contributed by atoms with Crippen LogP contribution in [-0.4, -0.2) is 53.8 Å². The van der Waals surface area contributed by atoms with Crippen LogP contribution in [-0.2, 0) is 22.6 Å². The maximum atomic E-state index is 13.2. The number of Topliss-reactive ketones (excluding diaryl/α,β-unsaturated/α-hetero) is 1. The van der Waals surface area contributed by atoms with E-state index in [1.807, 2.05) is 68.4 Å². The molecule has 3 aromatic rings. The summed E-state index contributed by atoms with van der Waals surface area (Å²) >= 11 is 0. The van der Waals surface area contributed by atoms with Gasteiger partial charge in [0.1, 0.15) is 18.1 Å². The molecular formula is C32H36N2O4. The number of hydrogen-bond donors (Lipinski definition) is 1. The van der Waals surface area contributed by atoms with Crippen LogP contribution in [0.3, 0.4) is 0 Å². The van der Waals surface area contributed by atoms with Crippen molar-refractivity contribution in [1.29, 1.82) is 0 Å². The van der Waals surface area contributed by atoms with Gasteiger partial charge in [0.25, 0.3) is 11.7 Å². The topological polar surface area (TPSA) is 70.1 Å². The summed E-state index contributed by atoms with van der Waals surface area (Å²) in [4.78, 5) is 30.0. The Kier molecular flexibility index (Phi) is 8.64. The Hall–Kier alpha value is -3.90. The first-order valence-electron chi connectivity index (χ1n) is 13.1. The fraction of sp³-hybridized carbons (Fsp3) is 0.312. The monoisotopic (exact) mass is 512 g/mol. The van der Waals surface area contributed by atoms with Gasteiger partial charge in [0, 0.05) is 12.1 Å². The molecule has 0 aromatic heterocycles. The third-order valence-electron chi connectivity index (χ3n) is 6.86. The van der Waals surface area contributed by atoms with Crippen molar-refractivity contribution < 1.29 is 19.4 Å². The second-order valence-electron chi connectivity index (χ2n) is 10.0. The van der Waals surface area contributed by atoms with Gasteiger partial charge in [0.2, 0.25) is 0 Å². The summed E-state index contributed by atoms with van der Waals surface area (Å²) in [5.41, 5.74) is 4.81. The number of benzene rings is 3. The quantitative estimate of drug-likeness (QED) is 0.220. The Labute approximate surface area is 225 Å². The van der Waals surface area contributed by atoms with E-state index >= 15 is 0 Å². The van der Waals surface area contributed by atoms with E-state index < -0.39 is 17.7 Å². The van der Waals surface area contributed by atoms with Crippen LogP contribution >= 0.6 is 0 Å². The van der Waals surface area contributed by atoms with Crippen molar-refractivity contribution >= 4 is 17.4 Å². The molecule has 0 spiro atoms. The highest BCUT2D eigenvalue weighted by atomic mass is 16.5. The highest BCUT2D eigenvalue weighted by Crippen LogP contribution is 2.39. The lowest BCUT2D eigenvalue weighted by Gasteiger charge is -2.26. The zero-order chi connectivity index (χ0) is 27.2. The Bertz CT molecular complexity index is 1310. The minimum absolute atomic E-state index is 0.123. The van der Waals surface area contributed by atoms with Crippen LogP contribution in [0.2, 0.25) is 0 Å². The molecule has 0 aliphatic carbocycles. The molecule has 1 aliphatic rings. The van der Waals surface area contributed by atoms with Crippen LogP contribution in [0.15, 0.2) is 78.4 Å². The van der Waals surface area contributed by atoms with Crippen molar-refractivity contribution in [2.24, 2.45) is 0 Å². The molecule has 1 atom stereocenters. The number of aliphatic hydroxyl groups is 1. The van der Waals surface area contributed by atoms with Crippen molar-refractivity contribution in [3.8, 4) is 5.75 Å². The van der Waals surface area contributed by atoms with E-state index in [2.05, 4.69) is 13.0 Å². The molecule has 3 aromatic carbocycles. The van der Waals surface area contributed by atoms with Gasteiger partial charge in [0.15, 0.2) is 0 Å². The third kappa shape index (κ3) is 6.14. The van der Waals surface area contributed by atoms with Gasteiger partial charge in [-0.15, -0.1) is 0 Å². The number of nitrogens with zero attached hydrogens (tertiary/aromatic N) is 2. The first-order chi connectivity index (χ1) is 18.3. The minimum Gasteiger partial charge on any atom is -0.507 e. The molecule has 1 amide bonds. The second-order valence-corrected chi connectivity index (χ2v) is 10.0. The molecule has 0 saturated carbocycles. The molecule has 0 bridgehead atoms. The van der Waals surface area contributed by atoms with Gasteiger partial charge in [-0.25, -0.2) is 0 Å². The Balaban J connectivity index is 1.63. The van der Waals surface area contributed by atoms with E-state index in [4.69, 9.17) is 4.74 Å². The largest absolute Gasteiger partial charge is 0.507 e. The number of aliphatic hydroxyl groups excluding tert-OH is 1. The van der Waals surface area contributed by atoms with Crippen molar-refractivity contribution in [3.63, 3.8) is 0 Å². The number of carbonyl (C=O) groups excluding carboxylic acids is 2. The Morgan fingerprint density at radius 2 is 1.68 bits per heavy atom. The van der Waals surface area contributed by atoms with Crippen LogP contribution in [0.1, 0.15) is 47.2 Å². The molecule has 1 saturated heterocycles. The van der Waals surface area contributed by atoms with Gasteiger partial charge in [-0.2, -0.15) is 0 Å². The zero-order valence-corrected chi connectivity index (χ0v) is 22.6. The number of aryl methyl sites for hydroxylation is 2. The number of ketones is 1. The number of hydrogen-bond acceptors (Lipinski definition) is 5. The summed E-state index contributed by atoms with van der Waals surface area (Å²) in [7, 11) is 3.95. The van der Waals surface area contributed by atoms with Crippen LogP contribution in [0.25, 0.3) is 5.76 Å². The number of ether oxygens (including phenoxy) is 1. The SMILES string of the molecule is CCc1ccc(C2C(=C(O)c3ccc(OCc4cccc(C)c4)cc3)C(=O)C(=O)N2CCCN(C)C)cc1. The number of amides is 1. The highest BCUT2D eigenvalue weighted by Gasteiger charge is 2.45. The average Bonchev–Trinajstić information content (AvgIpc) is 3.17. The van der Waals surface area contributed by atoms with Crippen molar-refractivity contribution in [2.75, 3.05) is 27.2 Å². The molecule has 6 nitrogen and oxygen atoms in total. The van der Waals surface area contributed by atoms with E-state index in [-0.39, 0.29) is 11.3 Å². The van der Waals surface area contributed by atoms with Crippen LogP contribution < -0.4 is 4.74 Å². The summed E-state index contributed by atoms with van der Waals surface area (Å²) in [6.07, 6.45) is 1.61. The standard InChI is InChI=1S/C32H36N2O4/c1-5-23-10-12-25(13-11-23)29-28(31(36)32(37)34(29)19-7-18-33(3)4)30(35)26-14-16-27(17-15-26)38-21-24-9-6-8-22(2)20-24/h6,8-17,20,29,35H,5,7,18-19,21H2,1-4H3. The molecule has 38 heavy (non-hydrogen) atoms. The molecule has 0 radical (unpaired) electrons. The molecule has 1 unspecified atom stereocenters. The fourth-order valence-electron chi connectivity index (χ4n) is 4.78. The zero-order valence-electron chi connectivity index (χ0n) is 22.6. The molecule has 1 fully saturated rings. The van der Waals surface area contributed by atoms with Crippen molar-refractivity contribution in [2.45, 2.75) is 39.3 Å². The van der Waals surface area contributed by atoms with Crippen LogP contribution in [0.4, 0.5) is 0 Å². The maximum Gasteiger partial charge on any atom is 0.295 e.